The summed E-state index contributed by atoms with van der Waals surface area (Å²) in [4.78, 5) is 11.6. The highest BCUT2D eigenvalue weighted by Gasteiger charge is 2.58. The standard InChI is InChI=1S/C10H15NO/c1-6(2)7-4-8-10(3,11-8)9(12)5-7/h7-8,11H,1,4-5H2,2-3H3/t7-,8+,10+/m1/s1. The molecule has 3 atom stereocenters. The fraction of sp³-hybridized carbons (Fsp3) is 0.700. The summed E-state index contributed by atoms with van der Waals surface area (Å²) in [5, 5.41) is 3.25. The van der Waals surface area contributed by atoms with Crippen molar-refractivity contribution in [3.8, 4) is 0 Å². The third kappa shape index (κ3) is 0.944. The Balaban J connectivity index is 2.12. The van der Waals surface area contributed by atoms with Gasteiger partial charge in [-0.3, -0.25) is 10.1 Å². The fourth-order valence-corrected chi connectivity index (χ4v) is 2.07. The van der Waals surface area contributed by atoms with E-state index >= 15 is 0 Å². The number of rotatable bonds is 1. The van der Waals surface area contributed by atoms with Crippen LogP contribution < -0.4 is 5.32 Å². The van der Waals surface area contributed by atoms with Crippen molar-refractivity contribution in [3.05, 3.63) is 12.2 Å². The summed E-state index contributed by atoms with van der Waals surface area (Å²) >= 11 is 0. The van der Waals surface area contributed by atoms with Crippen LogP contribution >= 0.6 is 0 Å². The van der Waals surface area contributed by atoms with Crippen LogP contribution in [0.2, 0.25) is 0 Å². The first-order valence-corrected chi connectivity index (χ1v) is 4.50. The lowest BCUT2D eigenvalue weighted by molar-refractivity contribution is -0.122. The highest BCUT2D eigenvalue weighted by Crippen LogP contribution is 2.41. The molecule has 1 N–H and O–H groups in total. The molecule has 1 aliphatic heterocycles. The number of nitrogens with one attached hydrogen (secondary N) is 1. The molecular weight excluding hydrogens is 150 g/mol. The Hall–Kier alpha value is -0.630. The number of fused-ring (bicyclic) bond motifs is 1. The van der Waals surface area contributed by atoms with Gasteiger partial charge in [-0.05, 0) is 26.2 Å². The molecule has 0 aromatic heterocycles. The molecule has 2 aliphatic rings. The van der Waals surface area contributed by atoms with Crippen LogP contribution in [0, 0.1) is 5.92 Å². The molecule has 2 fully saturated rings. The summed E-state index contributed by atoms with van der Waals surface area (Å²) in [6, 6.07) is 0.431. The molecule has 1 saturated carbocycles. The Kier molecular flexibility index (Phi) is 1.46. The van der Waals surface area contributed by atoms with E-state index in [1.807, 2.05) is 13.8 Å². The number of hydrogen-bond acceptors (Lipinski definition) is 2. The molecule has 2 nitrogen and oxygen atoms in total. The molecule has 12 heavy (non-hydrogen) atoms. The SMILES string of the molecule is C=C(C)[C@H]1CC(=O)[C@@]2(C)N[C@H]2C1. The summed E-state index contributed by atoms with van der Waals surface area (Å²) in [7, 11) is 0. The van der Waals surface area contributed by atoms with Gasteiger partial charge in [0.05, 0.1) is 5.54 Å². The molecule has 2 heteroatoms. The van der Waals surface area contributed by atoms with Crippen molar-refractivity contribution in [1.29, 1.82) is 0 Å². The molecule has 1 saturated heterocycles. The molecule has 0 amide bonds. The van der Waals surface area contributed by atoms with Gasteiger partial charge in [0.25, 0.3) is 0 Å². The topological polar surface area (TPSA) is 39.0 Å². The second-order valence-electron chi connectivity index (χ2n) is 4.31. The van der Waals surface area contributed by atoms with E-state index in [1.54, 1.807) is 0 Å². The summed E-state index contributed by atoms with van der Waals surface area (Å²) in [5.41, 5.74) is 0.991. The maximum Gasteiger partial charge on any atom is 0.154 e. The first kappa shape index (κ1) is 7.99. The smallest absolute Gasteiger partial charge is 0.154 e. The molecule has 0 unspecified atom stereocenters. The van der Waals surface area contributed by atoms with Crippen molar-refractivity contribution in [2.45, 2.75) is 38.3 Å². The van der Waals surface area contributed by atoms with Crippen LogP contribution in [-0.2, 0) is 4.79 Å². The summed E-state index contributed by atoms with van der Waals surface area (Å²) in [5.74, 6) is 0.789. The van der Waals surface area contributed by atoms with Crippen molar-refractivity contribution >= 4 is 5.78 Å². The lowest BCUT2D eigenvalue weighted by atomic mass is 9.79. The quantitative estimate of drug-likeness (QED) is 0.469. The number of carbonyl (C=O) groups is 1. The predicted octanol–water partition coefficient (Wildman–Crippen LogP) is 1.27. The van der Waals surface area contributed by atoms with E-state index in [1.165, 1.54) is 0 Å². The normalized spacial score (nSPS) is 45.3. The zero-order chi connectivity index (χ0) is 8.93. The first-order chi connectivity index (χ1) is 5.54. The van der Waals surface area contributed by atoms with Gasteiger partial charge in [0.2, 0.25) is 0 Å². The van der Waals surface area contributed by atoms with Gasteiger partial charge in [0, 0.05) is 12.5 Å². The van der Waals surface area contributed by atoms with Crippen LogP contribution in [-0.4, -0.2) is 17.4 Å². The van der Waals surface area contributed by atoms with E-state index in [-0.39, 0.29) is 5.54 Å². The molecule has 0 bridgehead atoms. The van der Waals surface area contributed by atoms with Crippen LogP contribution in [0.5, 0.6) is 0 Å². The number of ketones is 1. The Morgan fingerprint density at radius 3 is 2.92 bits per heavy atom. The van der Waals surface area contributed by atoms with Gasteiger partial charge < -0.3 is 0 Å². The maximum atomic E-state index is 11.6. The minimum Gasteiger partial charge on any atom is -0.299 e. The van der Waals surface area contributed by atoms with Gasteiger partial charge in [0.15, 0.2) is 5.78 Å². The Labute approximate surface area is 73.0 Å². The maximum absolute atomic E-state index is 11.6. The molecule has 1 aliphatic carbocycles. The Morgan fingerprint density at radius 2 is 2.42 bits per heavy atom. The van der Waals surface area contributed by atoms with E-state index in [2.05, 4.69) is 11.9 Å². The Morgan fingerprint density at radius 1 is 1.75 bits per heavy atom. The molecule has 1 heterocycles. The van der Waals surface area contributed by atoms with E-state index in [0.717, 1.165) is 12.0 Å². The average molecular weight is 165 g/mol. The zero-order valence-corrected chi connectivity index (χ0v) is 7.68. The minimum atomic E-state index is -0.161. The summed E-state index contributed by atoms with van der Waals surface area (Å²) in [6.45, 7) is 7.93. The fourth-order valence-electron chi connectivity index (χ4n) is 2.07. The van der Waals surface area contributed by atoms with Crippen LogP contribution in [0.15, 0.2) is 12.2 Å². The van der Waals surface area contributed by atoms with Crippen molar-refractivity contribution in [1.82, 2.24) is 5.32 Å². The van der Waals surface area contributed by atoms with E-state index in [9.17, 15) is 4.79 Å². The largest absolute Gasteiger partial charge is 0.299 e. The molecular formula is C10H15NO. The van der Waals surface area contributed by atoms with E-state index in [4.69, 9.17) is 0 Å². The second-order valence-corrected chi connectivity index (χ2v) is 4.31. The number of allylic oxidation sites excluding steroid dienone is 1. The summed E-state index contributed by atoms with van der Waals surface area (Å²) < 4.78 is 0. The van der Waals surface area contributed by atoms with Crippen LogP contribution in [0.3, 0.4) is 0 Å². The van der Waals surface area contributed by atoms with Gasteiger partial charge in [0.1, 0.15) is 0 Å². The molecule has 0 spiro atoms. The zero-order valence-electron chi connectivity index (χ0n) is 7.68. The van der Waals surface area contributed by atoms with Crippen LogP contribution in [0.1, 0.15) is 26.7 Å². The van der Waals surface area contributed by atoms with Crippen LogP contribution in [0.4, 0.5) is 0 Å². The van der Waals surface area contributed by atoms with Crippen molar-refractivity contribution in [3.63, 3.8) is 0 Å². The molecule has 0 radical (unpaired) electrons. The van der Waals surface area contributed by atoms with Crippen LogP contribution in [0.25, 0.3) is 0 Å². The highest BCUT2D eigenvalue weighted by molar-refractivity contribution is 5.93. The lowest BCUT2D eigenvalue weighted by Crippen LogP contribution is -2.32. The van der Waals surface area contributed by atoms with Crippen molar-refractivity contribution < 1.29 is 4.79 Å². The third-order valence-electron chi connectivity index (χ3n) is 3.32. The van der Waals surface area contributed by atoms with E-state index in [0.29, 0.717) is 24.2 Å². The predicted molar refractivity (Wildman–Crippen MR) is 47.9 cm³/mol. The highest BCUT2D eigenvalue weighted by atomic mass is 16.1. The van der Waals surface area contributed by atoms with Gasteiger partial charge in [-0.1, -0.05) is 12.2 Å². The molecule has 0 aromatic rings. The number of hydrogen-bond donors (Lipinski definition) is 1. The molecule has 0 aromatic carbocycles. The van der Waals surface area contributed by atoms with Crippen molar-refractivity contribution in [2.24, 2.45) is 5.92 Å². The third-order valence-corrected chi connectivity index (χ3v) is 3.32. The molecule has 2 rings (SSSR count). The van der Waals surface area contributed by atoms with E-state index < -0.39 is 0 Å². The van der Waals surface area contributed by atoms with Gasteiger partial charge >= 0.3 is 0 Å². The second kappa shape index (κ2) is 2.19. The van der Waals surface area contributed by atoms with Gasteiger partial charge in [-0.2, -0.15) is 0 Å². The molecule has 66 valence electrons. The monoisotopic (exact) mass is 165 g/mol. The Bertz CT molecular complexity index is 259. The first-order valence-electron chi connectivity index (χ1n) is 4.50. The number of carbonyl (C=O) groups excluding carboxylic acids is 1. The van der Waals surface area contributed by atoms with Gasteiger partial charge in [-0.15, -0.1) is 0 Å². The lowest BCUT2D eigenvalue weighted by Gasteiger charge is -2.22. The minimum absolute atomic E-state index is 0.161. The van der Waals surface area contributed by atoms with Gasteiger partial charge in [-0.25, -0.2) is 0 Å². The summed E-state index contributed by atoms with van der Waals surface area (Å²) in [6.07, 6.45) is 1.78. The van der Waals surface area contributed by atoms with Crippen molar-refractivity contribution in [2.75, 3.05) is 0 Å². The average Bonchev–Trinajstić information content (AvgIpc) is 2.62. The number of Topliss-reactive ketones (excluding diaryl/α,β-unsaturated/α-hetero) is 1.